The lowest BCUT2D eigenvalue weighted by Gasteiger charge is -2.14. The van der Waals surface area contributed by atoms with Gasteiger partial charge < -0.3 is 20.3 Å². The molecule has 0 radical (unpaired) electrons. The van der Waals surface area contributed by atoms with E-state index in [1.54, 1.807) is 7.11 Å². The standard InChI is InChI=1S/C17H21NO3/c1-20-17-10-14(9-15(18)11-19)7-8-16(17)21-12-13-5-3-2-4-6-13/h2-8,10,15,19H,9,11-12,18H2,1H3. The van der Waals surface area contributed by atoms with Crippen molar-refractivity contribution < 1.29 is 14.6 Å². The summed E-state index contributed by atoms with van der Waals surface area (Å²) < 4.78 is 11.2. The van der Waals surface area contributed by atoms with E-state index < -0.39 is 0 Å². The maximum absolute atomic E-state index is 9.01. The highest BCUT2D eigenvalue weighted by atomic mass is 16.5. The molecule has 0 aliphatic heterocycles. The summed E-state index contributed by atoms with van der Waals surface area (Å²) in [5, 5.41) is 9.01. The summed E-state index contributed by atoms with van der Waals surface area (Å²) in [6.07, 6.45) is 0.603. The van der Waals surface area contributed by atoms with E-state index in [-0.39, 0.29) is 12.6 Å². The van der Waals surface area contributed by atoms with Crippen molar-refractivity contribution in [3.05, 3.63) is 59.7 Å². The van der Waals surface area contributed by atoms with Gasteiger partial charge in [0.25, 0.3) is 0 Å². The monoisotopic (exact) mass is 287 g/mol. The Bertz CT molecular complexity index is 557. The Hall–Kier alpha value is -2.04. The van der Waals surface area contributed by atoms with Crippen LogP contribution < -0.4 is 15.2 Å². The van der Waals surface area contributed by atoms with Gasteiger partial charge in [-0.15, -0.1) is 0 Å². The van der Waals surface area contributed by atoms with Crippen molar-refractivity contribution in [2.75, 3.05) is 13.7 Å². The van der Waals surface area contributed by atoms with Crippen LogP contribution in [0.4, 0.5) is 0 Å². The fourth-order valence-electron chi connectivity index (χ4n) is 2.06. The molecule has 0 saturated heterocycles. The summed E-state index contributed by atoms with van der Waals surface area (Å²) >= 11 is 0. The van der Waals surface area contributed by atoms with E-state index in [2.05, 4.69) is 0 Å². The summed E-state index contributed by atoms with van der Waals surface area (Å²) in [4.78, 5) is 0. The molecule has 2 rings (SSSR count). The van der Waals surface area contributed by atoms with Crippen molar-refractivity contribution in [3.63, 3.8) is 0 Å². The zero-order valence-corrected chi connectivity index (χ0v) is 12.2. The number of aliphatic hydroxyl groups excluding tert-OH is 1. The highest BCUT2D eigenvalue weighted by Crippen LogP contribution is 2.29. The molecule has 0 aliphatic rings. The van der Waals surface area contributed by atoms with Crippen molar-refractivity contribution in [2.24, 2.45) is 5.73 Å². The van der Waals surface area contributed by atoms with E-state index in [1.165, 1.54) is 0 Å². The smallest absolute Gasteiger partial charge is 0.161 e. The largest absolute Gasteiger partial charge is 0.493 e. The Morgan fingerprint density at radius 1 is 1.05 bits per heavy atom. The first-order valence-corrected chi connectivity index (χ1v) is 6.93. The second kappa shape index (κ2) is 7.67. The molecule has 0 heterocycles. The lowest BCUT2D eigenvalue weighted by Crippen LogP contribution is -2.26. The van der Waals surface area contributed by atoms with Gasteiger partial charge in [-0.25, -0.2) is 0 Å². The number of hydrogen-bond acceptors (Lipinski definition) is 4. The van der Waals surface area contributed by atoms with Crippen molar-refractivity contribution in [2.45, 2.75) is 19.1 Å². The fraction of sp³-hybridized carbons (Fsp3) is 0.294. The van der Waals surface area contributed by atoms with Gasteiger partial charge in [-0.2, -0.15) is 0 Å². The number of methoxy groups -OCH3 is 1. The first-order chi connectivity index (χ1) is 10.2. The molecule has 112 valence electrons. The second-order valence-corrected chi connectivity index (χ2v) is 4.91. The summed E-state index contributed by atoms with van der Waals surface area (Å²) in [6.45, 7) is 0.460. The lowest BCUT2D eigenvalue weighted by atomic mass is 10.1. The molecule has 2 aromatic rings. The van der Waals surface area contributed by atoms with Crippen molar-refractivity contribution in [3.8, 4) is 11.5 Å². The van der Waals surface area contributed by atoms with Crippen LogP contribution in [0.2, 0.25) is 0 Å². The first-order valence-electron chi connectivity index (χ1n) is 6.93. The van der Waals surface area contributed by atoms with Gasteiger partial charge in [-0.3, -0.25) is 0 Å². The molecule has 0 aromatic heterocycles. The van der Waals surface area contributed by atoms with Gasteiger partial charge in [0, 0.05) is 6.04 Å². The van der Waals surface area contributed by atoms with E-state index in [0.29, 0.717) is 24.5 Å². The maximum atomic E-state index is 9.01. The minimum Gasteiger partial charge on any atom is -0.493 e. The van der Waals surface area contributed by atoms with Crippen molar-refractivity contribution in [1.29, 1.82) is 0 Å². The van der Waals surface area contributed by atoms with Gasteiger partial charge in [0.05, 0.1) is 13.7 Å². The average molecular weight is 287 g/mol. The Labute approximate surface area is 125 Å². The van der Waals surface area contributed by atoms with Crippen LogP contribution in [0.1, 0.15) is 11.1 Å². The van der Waals surface area contributed by atoms with Crippen LogP contribution >= 0.6 is 0 Å². The van der Waals surface area contributed by atoms with Crippen LogP contribution in [0.15, 0.2) is 48.5 Å². The summed E-state index contributed by atoms with van der Waals surface area (Å²) in [5.41, 5.74) is 7.86. The van der Waals surface area contributed by atoms with Crippen LogP contribution in [0, 0.1) is 0 Å². The highest BCUT2D eigenvalue weighted by molar-refractivity contribution is 5.43. The summed E-state index contributed by atoms with van der Waals surface area (Å²) in [7, 11) is 1.61. The second-order valence-electron chi connectivity index (χ2n) is 4.91. The van der Waals surface area contributed by atoms with E-state index in [4.69, 9.17) is 20.3 Å². The molecule has 21 heavy (non-hydrogen) atoms. The Morgan fingerprint density at radius 2 is 1.81 bits per heavy atom. The zero-order chi connectivity index (χ0) is 15.1. The van der Waals surface area contributed by atoms with E-state index in [9.17, 15) is 0 Å². The van der Waals surface area contributed by atoms with Crippen LogP contribution in [-0.2, 0) is 13.0 Å². The predicted molar refractivity (Wildman–Crippen MR) is 82.5 cm³/mol. The number of ether oxygens (including phenoxy) is 2. The third kappa shape index (κ3) is 4.48. The third-order valence-electron chi connectivity index (χ3n) is 3.20. The summed E-state index contributed by atoms with van der Waals surface area (Å²) in [6, 6.07) is 15.4. The molecule has 0 spiro atoms. The molecule has 1 unspecified atom stereocenters. The van der Waals surface area contributed by atoms with Gasteiger partial charge in [0.2, 0.25) is 0 Å². The molecule has 3 N–H and O–H groups in total. The topological polar surface area (TPSA) is 64.7 Å². The Balaban J connectivity index is 2.05. The molecule has 0 fully saturated rings. The van der Waals surface area contributed by atoms with Crippen LogP contribution in [0.25, 0.3) is 0 Å². The number of benzene rings is 2. The highest BCUT2D eigenvalue weighted by Gasteiger charge is 2.08. The number of rotatable bonds is 7. The number of aliphatic hydroxyl groups is 1. The molecule has 0 amide bonds. The third-order valence-corrected chi connectivity index (χ3v) is 3.20. The first kappa shape index (κ1) is 15.4. The molecule has 2 aromatic carbocycles. The predicted octanol–water partition coefficient (Wildman–Crippen LogP) is 2.14. The van der Waals surface area contributed by atoms with E-state index >= 15 is 0 Å². The molecule has 0 saturated carbocycles. The lowest BCUT2D eigenvalue weighted by molar-refractivity contribution is 0.265. The molecular formula is C17H21NO3. The minimum atomic E-state index is -0.259. The SMILES string of the molecule is COc1cc(CC(N)CO)ccc1OCc1ccccc1. The van der Waals surface area contributed by atoms with Gasteiger partial charge >= 0.3 is 0 Å². The van der Waals surface area contributed by atoms with E-state index in [1.807, 2.05) is 48.5 Å². The normalized spacial score (nSPS) is 12.0. The molecule has 4 nitrogen and oxygen atoms in total. The average Bonchev–Trinajstić information content (AvgIpc) is 2.54. The van der Waals surface area contributed by atoms with Crippen molar-refractivity contribution in [1.82, 2.24) is 0 Å². The minimum absolute atomic E-state index is 0.0332. The fourth-order valence-corrected chi connectivity index (χ4v) is 2.06. The molecule has 0 bridgehead atoms. The van der Waals surface area contributed by atoms with Gasteiger partial charge in [-0.1, -0.05) is 36.4 Å². The Kier molecular flexibility index (Phi) is 5.60. The molecule has 0 aliphatic carbocycles. The summed E-state index contributed by atoms with van der Waals surface area (Å²) in [5.74, 6) is 1.37. The van der Waals surface area contributed by atoms with E-state index in [0.717, 1.165) is 11.1 Å². The Morgan fingerprint density at radius 3 is 2.48 bits per heavy atom. The van der Waals surface area contributed by atoms with Crippen LogP contribution in [0.3, 0.4) is 0 Å². The molecule has 4 heteroatoms. The van der Waals surface area contributed by atoms with Crippen LogP contribution in [-0.4, -0.2) is 24.9 Å². The maximum Gasteiger partial charge on any atom is 0.161 e. The van der Waals surface area contributed by atoms with Gasteiger partial charge in [-0.05, 0) is 29.7 Å². The van der Waals surface area contributed by atoms with Gasteiger partial charge in [0.1, 0.15) is 6.61 Å². The number of hydrogen-bond donors (Lipinski definition) is 2. The van der Waals surface area contributed by atoms with Crippen LogP contribution in [0.5, 0.6) is 11.5 Å². The molecule has 1 atom stereocenters. The number of nitrogens with two attached hydrogens (primary N) is 1. The molecular weight excluding hydrogens is 266 g/mol. The quantitative estimate of drug-likeness (QED) is 0.819. The zero-order valence-electron chi connectivity index (χ0n) is 12.2. The van der Waals surface area contributed by atoms with Gasteiger partial charge in [0.15, 0.2) is 11.5 Å². The van der Waals surface area contributed by atoms with Crippen molar-refractivity contribution >= 4 is 0 Å².